The van der Waals surface area contributed by atoms with E-state index in [1.165, 1.54) is 5.48 Å². The third-order valence-corrected chi connectivity index (χ3v) is 2.03. The number of urea groups is 1. The van der Waals surface area contributed by atoms with Gasteiger partial charge in [0.25, 0.3) is 0 Å². The van der Waals surface area contributed by atoms with E-state index in [1.807, 2.05) is 18.2 Å². The third-order valence-electron chi connectivity index (χ3n) is 2.03. The quantitative estimate of drug-likeness (QED) is 0.413. The van der Waals surface area contributed by atoms with Gasteiger partial charge in [0.15, 0.2) is 5.58 Å². The molecule has 7 heteroatoms. The molecule has 0 aliphatic rings. The van der Waals surface area contributed by atoms with E-state index < -0.39 is 6.03 Å². The Balaban J connectivity index is 2.24. The minimum Gasteiger partial charge on any atom is -0.435 e. The fourth-order valence-electron chi connectivity index (χ4n) is 1.23. The summed E-state index contributed by atoms with van der Waals surface area (Å²) < 4.78 is 5.42. The Kier molecular flexibility index (Phi) is 3.01. The number of nitrogens with one attached hydrogen (secondary N) is 2. The van der Waals surface area contributed by atoms with Gasteiger partial charge in [0, 0.05) is 0 Å². The molecule has 0 bridgehead atoms. The molecule has 1 aromatic heterocycles. The van der Waals surface area contributed by atoms with E-state index in [1.54, 1.807) is 13.0 Å². The van der Waals surface area contributed by atoms with Crippen molar-refractivity contribution in [2.45, 2.75) is 6.92 Å². The SMILES string of the molecule is C/C(=N\NC(=O)NO)c1nc2ccccc2o1. The molecule has 0 unspecified atom stereocenters. The number of amides is 2. The smallest absolute Gasteiger partial charge is 0.358 e. The number of benzene rings is 1. The highest BCUT2D eigenvalue weighted by Crippen LogP contribution is 2.14. The van der Waals surface area contributed by atoms with E-state index in [0.29, 0.717) is 22.7 Å². The first kappa shape index (κ1) is 11.1. The standard InChI is InChI=1S/C10H10N4O3/c1-6(12-13-10(15)14-16)9-11-7-4-2-3-5-8(7)17-9/h2-5,16H,1H3,(H2,13,14,15)/b12-6+. The van der Waals surface area contributed by atoms with Crippen molar-refractivity contribution in [1.29, 1.82) is 0 Å². The molecule has 1 aromatic carbocycles. The van der Waals surface area contributed by atoms with Crippen LogP contribution in [-0.4, -0.2) is 21.9 Å². The number of fused-ring (bicyclic) bond motifs is 1. The van der Waals surface area contributed by atoms with Gasteiger partial charge in [-0.25, -0.2) is 20.7 Å². The van der Waals surface area contributed by atoms with E-state index >= 15 is 0 Å². The largest absolute Gasteiger partial charge is 0.435 e. The molecule has 88 valence electrons. The zero-order valence-electron chi connectivity index (χ0n) is 8.97. The summed E-state index contributed by atoms with van der Waals surface area (Å²) in [5.41, 5.74) is 5.20. The lowest BCUT2D eigenvalue weighted by Gasteiger charge is -1.96. The number of nitrogens with zero attached hydrogens (tertiary/aromatic N) is 2. The topological polar surface area (TPSA) is 99.8 Å². The van der Waals surface area contributed by atoms with Gasteiger partial charge >= 0.3 is 6.03 Å². The normalized spacial score (nSPS) is 11.5. The van der Waals surface area contributed by atoms with Crippen LogP contribution in [0.15, 0.2) is 33.8 Å². The highest BCUT2D eigenvalue weighted by molar-refractivity contribution is 5.97. The fraction of sp³-hybridized carbons (Fsp3) is 0.100. The molecule has 2 amide bonds. The van der Waals surface area contributed by atoms with Crippen molar-refractivity contribution in [2.24, 2.45) is 5.10 Å². The van der Waals surface area contributed by atoms with Crippen LogP contribution in [0, 0.1) is 0 Å². The van der Waals surface area contributed by atoms with Crippen LogP contribution in [0.2, 0.25) is 0 Å². The zero-order chi connectivity index (χ0) is 12.3. The Bertz CT molecular complexity index is 543. The predicted molar refractivity (Wildman–Crippen MR) is 59.7 cm³/mol. The number of para-hydroxylation sites is 2. The van der Waals surface area contributed by atoms with Gasteiger partial charge in [-0.05, 0) is 19.1 Å². The average Bonchev–Trinajstić information content (AvgIpc) is 2.79. The lowest BCUT2D eigenvalue weighted by Crippen LogP contribution is -2.30. The lowest BCUT2D eigenvalue weighted by atomic mass is 10.3. The third kappa shape index (κ3) is 2.40. The summed E-state index contributed by atoms with van der Waals surface area (Å²) in [7, 11) is 0. The fourth-order valence-corrected chi connectivity index (χ4v) is 1.23. The van der Waals surface area contributed by atoms with Gasteiger partial charge in [-0.1, -0.05) is 12.1 Å². The number of aromatic nitrogens is 1. The Morgan fingerprint density at radius 2 is 2.24 bits per heavy atom. The first-order chi connectivity index (χ1) is 8.20. The first-order valence-corrected chi connectivity index (χ1v) is 4.81. The summed E-state index contributed by atoms with van der Waals surface area (Å²) in [6.07, 6.45) is 0. The van der Waals surface area contributed by atoms with Crippen molar-refractivity contribution in [1.82, 2.24) is 15.9 Å². The molecule has 3 N–H and O–H groups in total. The van der Waals surface area contributed by atoms with E-state index in [0.717, 1.165) is 0 Å². The second-order valence-electron chi connectivity index (χ2n) is 3.24. The predicted octanol–water partition coefficient (Wildman–Crippen LogP) is 1.24. The Morgan fingerprint density at radius 3 is 2.94 bits per heavy atom. The maximum atomic E-state index is 10.7. The number of hydrazone groups is 1. The molecule has 2 aromatic rings. The Morgan fingerprint density at radius 1 is 1.47 bits per heavy atom. The Hall–Kier alpha value is -2.41. The first-order valence-electron chi connectivity index (χ1n) is 4.81. The number of hydrogen-bond donors (Lipinski definition) is 3. The number of carbonyl (C=O) groups is 1. The molecule has 0 atom stereocenters. The molecule has 1 heterocycles. The molecule has 0 aliphatic heterocycles. The highest BCUT2D eigenvalue weighted by atomic mass is 16.5. The van der Waals surface area contributed by atoms with E-state index in [9.17, 15) is 4.79 Å². The summed E-state index contributed by atoms with van der Waals surface area (Å²) in [5.74, 6) is 0.310. The van der Waals surface area contributed by atoms with Gasteiger partial charge in [-0.2, -0.15) is 5.10 Å². The van der Waals surface area contributed by atoms with Crippen LogP contribution in [0.3, 0.4) is 0 Å². The Labute approximate surface area is 96.1 Å². The highest BCUT2D eigenvalue weighted by Gasteiger charge is 2.08. The van der Waals surface area contributed by atoms with Crippen molar-refractivity contribution < 1.29 is 14.4 Å². The van der Waals surface area contributed by atoms with Crippen molar-refractivity contribution >= 4 is 22.8 Å². The van der Waals surface area contributed by atoms with Crippen molar-refractivity contribution in [3.63, 3.8) is 0 Å². The molecular weight excluding hydrogens is 224 g/mol. The number of oxazole rings is 1. The van der Waals surface area contributed by atoms with Crippen molar-refractivity contribution in [2.75, 3.05) is 0 Å². The molecule has 0 saturated heterocycles. The summed E-state index contributed by atoms with van der Waals surface area (Å²) in [4.78, 5) is 14.9. The maximum Gasteiger partial charge on any atom is 0.358 e. The minimum atomic E-state index is -0.833. The van der Waals surface area contributed by atoms with Crippen LogP contribution in [0.1, 0.15) is 12.8 Å². The van der Waals surface area contributed by atoms with Crippen LogP contribution in [0.4, 0.5) is 4.79 Å². The molecule has 17 heavy (non-hydrogen) atoms. The minimum absolute atomic E-state index is 0.310. The molecular formula is C10H10N4O3. The molecule has 0 aliphatic carbocycles. The van der Waals surface area contributed by atoms with Gasteiger partial charge in [0.05, 0.1) is 0 Å². The summed E-state index contributed by atoms with van der Waals surface area (Å²) in [6.45, 7) is 1.63. The second kappa shape index (κ2) is 4.62. The molecule has 0 fully saturated rings. The number of rotatable bonds is 2. The van der Waals surface area contributed by atoms with Gasteiger partial charge in [-0.3, -0.25) is 5.21 Å². The number of hydrogen-bond acceptors (Lipinski definition) is 5. The van der Waals surface area contributed by atoms with Crippen molar-refractivity contribution in [3.8, 4) is 0 Å². The summed E-state index contributed by atoms with van der Waals surface area (Å²) in [6, 6.07) is 6.44. The zero-order valence-corrected chi connectivity index (χ0v) is 8.97. The molecule has 0 radical (unpaired) electrons. The van der Waals surface area contributed by atoms with Crippen LogP contribution in [0.5, 0.6) is 0 Å². The monoisotopic (exact) mass is 234 g/mol. The molecule has 2 rings (SSSR count). The second-order valence-corrected chi connectivity index (χ2v) is 3.24. The van der Waals surface area contributed by atoms with Gasteiger partial charge < -0.3 is 4.42 Å². The van der Waals surface area contributed by atoms with Crippen LogP contribution < -0.4 is 10.9 Å². The molecule has 0 spiro atoms. The van der Waals surface area contributed by atoms with Crippen LogP contribution in [0.25, 0.3) is 11.1 Å². The summed E-state index contributed by atoms with van der Waals surface area (Å²) >= 11 is 0. The van der Waals surface area contributed by atoms with E-state index in [-0.39, 0.29) is 0 Å². The van der Waals surface area contributed by atoms with Gasteiger partial charge in [0.2, 0.25) is 5.89 Å². The maximum absolute atomic E-state index is 10.7. The molecule has 0 saturated carbocycles. The lowest BCUT2D eigenvalue weighted by molar-refractivity contribution is 0.162. The van der Waals surface area contributed by atoms with Crippen LogP contribution >= 0.6 is 0 Å². The summed E-state index contributed by atoms with van der Waals surface area (Å²) in [5, 5.41) is 12.0. The molecule has 7 nitrogen and oxygen atoms in total. The van der Waals surface area contributed by atoms with Gasteiger partial charge in [0.1, 0.15) is 11.2 Å². The average molecular weight is 234 g/mol. The number of hydroxylamine groups is 1. The van der Waals surface area contributed by atoms with Crippen molar-refractivity contribution in [3.05, 3.63) is 30.2 Å². The van der Waals surface area contributed by atoms with E-state index in [4.69, 9.17) is 9.62 Å². The van der Waals surface area contributed by atoms with Gasteiger partial charge in [-0.15, -0.1) is 0 Å². The van der Waals surface area contributed by atoms with E-state index in [2.05, 4.69) is 15.5 Å². The number of carbonyl (C=O) groups excluding carboxylic acids is 1. The van der Waals surface area contributed by atoms with Crippen LogP contribution in [-0.2, 0) is 0 Å².